The summed E-state index contributed by atoms with van der Waals surface area (Å²) < 4.78 is 1.87. The third kappa shape index (κ3) is 2.72. The molecule has 0 aliphatic heterocycles. The van der Waals surface area contributed by atoms with Crippen LogP contribution in [0.25, 0.3) is 21.8 Å². The quantitative estimate of drug-likeness (QED) is 0.453. The molecule has 0 unspecified atom stereocenters. The van der Waals surface area contributed by atoms with E-state index in [9.17, 15) is 4.79 Å². The maximum absolute atomic E-state index is 12.9. The van der Waals surface area contributed by atoms with E-state index in [4.69, 9.17) is 0 Å². The van der Waals surface area contributed by atoms with E-state index >= 15 is 0 Å². The van der Waals surface area contributed by atoms with E-state index in [1.807, 2.05) is 59.2 Å². The van der Waals surface area contributed by atoms with Crippen LogP contribution < -0.4 is 0 Å². The maximum atomic E-state index is 12.9. The maximum Gasteiger partial charge on any atom is 0.232 e. The van der Waals surface area contributed by atoms with Crippen molar-refractivity contribution in [3.63, 3.8) is 0 Å². The van der Waals surface area contributed by atoms with Gasteiger partial charge in [-0.05, 0) is 24.3 Å². The second-order valence-corrected chi connectivity index (χ2v) is 6.84. The molecule has 1 aromatic heterocycles. The van der Waals surface area contributed by atoms with Crippen LogP contribution >= 0.6 is 11.8 Å². The first-order valence-corrected chi connectivity index (χ1v) is 9.02. The number of hydrogen-bond acceptors (Lipinski definition) is 2. The van der Waals surface area contributed by atoms with Gasteiger partial charge in [-0.1, -0.05) is 54.6 Å². The number of fused-ring (bicyclic) bond motifs is 3. The lowest BCUT2D eigenvalue weighted by molar-refractivity contribution is 0.0920. The summed E-state index contributed by atoms with van der Waals surface area (Å²) in [5.41, 5.74) is 1.99. The number of rotatable bonds is 4. The molecule has 0 aliphatic carbocycles. The summed E-state index contributed by atoms with van der Waals surface area (Å²) in [6.45, 7) is 0. The molecular formula is C21H17NOS. The Kier molecular flexibility index (Phi) is 4.09. The van der Waals surface area contributed by atoms with Gasteiger partial charge in [-0.3, -0.25) is 9.36 Å². The molecule has 24 heavy (non-hydrogen) atoms. The monoisotopic (exact) mass is 331 g/mol. The number of nitrogens with zero attached hydrogens (tertiary/aromatic N) is 1. The molecule has 1 heterocycles. The molecule has 118 valence electrons. The van der Waals surface area contributed by atoms with E-state index in [1.165, 1.54) is 4.90 Å². The molecule has 0 fully saturated rings. The Balaban J connectivity index is 1.64. The normalized spacial score (nSPS) is 11.2. The van der Waals surface area contributed by atoms with E-state index in [0.29, 0.717) is 6.42 Å². The minimum atomic E-state index is 0.149. The van der Waals surface area contributed by atoms with Gasteiger partial charge in [0.15, 0.2) is 0 Å². The van der Waals surface area contributed by atoms with Crippen LogP contribution in [0, 0.1) is 0 Å². The Bertz CT molecular complexity index is 951. The molecule has 0 saturated heterocycles. The van der Waals surface area contributed by atoms with Gasteiger partial charge in [0.2, 0.25) is 5.91 Å². The summed E-state index contributed by atoms with van der Waals surface area (Å²) in [4.78, 5) is 14.1. The Morgan fingerprint density at radius 1 is 0.750 bits per heavy atom. The molecule has 3 heteroatoms. The van der Waals surface area contributed by atoms with Crippen molar-refractivity contribution in [2.24, 2.45) is 0 Å². The highest BCUT2D eigenvalue weighted by molar-refractivity contribution is 7.99. The zero-order valence-electron chi connectivity index (χ0n) is 13.2. The lowest BCUT2D eigenvalue weighted by atomic mass is 10.2. The van der Waals surface area contributed by atoms with Crippen LogP contribution in [0.5, 0.6) is 0 Å². The van der Waals surface area contributed by atoms with Crippen molar-refractivity contribution in [2.45, 2.75) is 11.3 Å². The van der Waals surface area contributed by atoms with Crippen LogP contribution in [-0.2, 0) is 0 Å². The standard InChI is InChI=1S/C21H17NOS/c23-21(14-15-24-16-8-2-1-3-9-16)22-19-12-6-4-10-17(19)18-11-5-7-13-20(18)22/h1-13H,14-15H2. The van der Waals surface area contributed by atoms with Crippen LogP contribution in [0.1, 0.15) is 11.2 Å². The largest absolute Gasteiger partial charge is 0.280 e. The Morgan fingerprint density at radius 3 is 1.92 bits per heavy atom. The van der Waals surface area contributed by atoms with Gasteiger partial charge in [0, 0.05) is 27.8 Å². The van der Waals surface area contributed by atoms with E-state index < -0.39 is 0 Å². The average Bonchev–Trinajstić information content (AvgIpc) is 2.97. The predicted octanol–water partition coefficient (Wildman–Crippen LogP) is 5.62. The lowest BCUT2D eigenvalue weighted by Crippen LogP contribution is -2.10. The van der Waals surface area contributed by atoms with Crippen LogP contribution in [0.2, 0.25) is 0 Å². The van der Waals surface area contributed by atoms with E-state index in [-0.39, 0.29) is 5.91 Å². The molecule has 4 rings (SSSR count). The van der Waals surface area contributed by atoms with E-state index in [1.54, 1.807) is 11.8 Å². The SMILES string of the molecule is O=C(CCSc1ccccc1)n1c2ccccc2c2ccccc21. The molecule has 2 nitrogen and oxygen atoms in total. The number of carbonyl (C=O) groups excluding carboxylic acids is 1. The molecule has 0 amide bonds. The first-order valence-electron chi connectivity index (χ1n) is 8.04. The van der Waals surface area contributed by atoms with Crippen molar-refractivity contribution in [1.82, 2.24) is 4.57 Å². The minimum absolute atomic E-state index is 0.149. The van der Waals surface area contributed by atoms with E-state index in [0.717, 1.165) is 27.6 Å². The molecule has 0 spiro atoms. The van der Waals surface area contributed by atoms with Gasteiger partial charge in [-0.15, -0.1) is 11.8 Å². The summed E-state index contributed by atoms with van der Waals surface area (Å²) in [7, 11) is 0. The Morgan fingerprint density at radius 2 is 1.29 bits per heavy atom. The predicted molar refractivity (Wildman–Crippen MR) is 102 cm³/mol. The zero-order chi connectivity index (χ0) is 16.4. The topological polar surface area (TPSA) is 22.0 Å². The van der Waals surface area contributed by atoms with Gasteiger partial charge < -0.3 is 0 Å². The summed E-state index contributed by atoms with van der Waals surface area (Å²) in [6, 6.07) is 26.5. The first-order chi connectivity index (χ1) is 11.8. The van der Waals surface area contributed by atoms with Crippen molar-refractivity contribution < 1.29 is 4.79 Å². The summed E-state index contributed by atoms with van der Waals surface area (Å²) >= 11 is 1.72. The fraction of sp³-hybridized carbons (Fsp3) is 0.0952. The highest BCUT2D eigenvalue weighted by Crippen LogP contribution is 2.29. The molecule has 3 aromatic carbocycles. The molecular weight excluding hydrogens is 314 g/mol. The van der Waals surface area contributed by atoms with Gasteiger partial charge in [-0.25, -0.2) is 0 Å². The highest BCUT2D eigenvalue weighted by atomic mass is 32.2. The molecule has 4 aromatic rings. The van der Waals surface area contributed by atoms with Crippen molar-refractivity contribution >= 4 is 39.5 Å². The number of para-hydroxylation sites is 2. The van der Waals surface area contributed by atoms with Crippen LogP contribution in [0.4, 0.5) is 0 Å². The smallest absolute Gasteiger partial charge is 0.232 e. The van der Waals surface area contributed by atoms with Gasteiger partial charge in [0.05, 0.1) is 11.0 Å². The third-order valence-electron chi connectivity index (χ3n) is 4.16. The van der Waals surface area contributed by atoms with Gasteiger partial charge in [0.1, 0.15) is 0 Å². The fourth-order valence-electron chi connectivity index (χ4n) is 3.08. The van der Waals surface area contributed by atoms with Crippen molar-refractivity contribution in [3.8, 4) is 0 Å². The number of benzene rings is 3. The minimum Gasteiger partial charge on any atom is -0.280 e. The molecule has 0 N–H and O–H groups in total. The third-order valence-corrected chi connectivity index (χ3v) is 5.17. The molecule has 0 bridgehead atoms. The lowest BCUT2D eigenvalue weighted by Gasteiger charge is -2.06. The zero-order valence-corrected chi connectivity index (χ0v) is 14.0. The summed E-state index contributed by atoms with van der Waals surface area (Å²) in [6.07, 6.45) is 0.516. The Labute approximate surface area is 145 Å². The van der Waals surface area contributed by atoms with Crippen LogP contribution in [-0.4, -0.2) is 16.2 Å². The van der Waals surface area contributed by atoms with Gasteiger partial charge in [-0.2, -0.15) is 0 Å². The molecule has 0 aliphatic rings. The van der Waals surface area contributed by atoms with Gasteiger partial charge >= 0.3 is 0 Å². The van der Waals surface area contributed by atoms with Crippen LogP contribution in [0.15, 0.2) is 83.8 Å². The molecule has 0 radical (unpaired) electrons. The van der Waals surface area contributed by atoms with Crippen LogP contribution in [0.3, 0.4) is 0 Å². The second kappa shape index (κ2) is 6.54. The Hall–Kier alpha value is -2.52. The first kappa shape index (κ1) is 15.0. The number of carbonyl (C=O) groups is 1. The van der Waals surface area contributed by atoms with Crippen molar-refractivity contribution in [3.05, 3.63) is 78.9 Å². The number of thioether (sulfide) groups is 1. The molecule has 0 atom stereocenters. The second-order valence-electron chi connectivity index (χ2n) is 5.67. The average molecular weight is 331 g/mol. The number of hydrogen-bond donors (Lipinski definition) is 0. The number of aromatic nitrogens is 1. The summed E-state index contributed by atoms with van der Waals surface area (Å²) in [5.74, 6) is 0.930. The molecule has 0 saturated carbocycles. The highest BCUT2D eigenvalue weighted by Gasteiger charge is 2.15. The summed E-state index contributed by atoms with van der Waals surface area (Å²) in [5, 5.41) is 2.27. The van der Waals surface area contributed by atoms with Crippen molar-refractivity contribution in [1.29, 1.82) is 0 Å². The van der Waals surface area contributed by atoms with E-state index in [2.05, 4.69) is 24.3 Å². The van der Waals surface area contributed by atoms with Crippen molar-refractivity contribution in [2.75, 3.05) is 5.75 Å². The van der Waals surface area contributed by atoms with Gasteiger partial charge in [0.25, 0.3) is 0 Å². The fourth-order valence-corrected chi connectivity index (χ4v) is 3.94.